The Bertz CT molecular complexity index is 588. The van der Waals surface area contributed by atoms with Crippen molar-refractivity contribution in [1.82, 2.24) is 4.98 Å². The van der Waals surface area contributed by atoms with Crippen LogP contribution in [0.2, 0.25) is 5.02 Å². The van der Waals surface area contributed by atoms with Crippen LogP contribution in [0.1, 0.15) is 17.3 Å². The Morgan fingerprint density at radius 3 is 3.00 bits per heavy atom. The Labute approximate surface area is 123 Å². The number of ether oxygens (including phenoxy) is 1. The number of anilines is 1. The van der Waals surface area contributed by atoms with Crippen LogP contribution in [0.25, 0.3) is 0 Å². The molecule has 0 fully saturated rings. The highest BCUT2D eigenvalue weighted by molar-refractivity contribution is 8.01. The van der Waals surface area contributed by atoms with E-state index < -0.39 is 5.97 Å². The van der Waals surface area contributed by atoms with Crippen LogP contribution in [0.15, 0.2) is 32.9 Å². The van der Waals surface area contributed by atoms with Gasteiger partial charge in [-0.2, -0.15) is 0 Å². The van der Waals surface area contributed by atoms with Gasteiger partial charge in [-0.25, -0.2) is 9.78 Å². The van der Waals surface area contributed by atoms with Gasteiger partial charge in [0.1, 0.15) is 0 Å². The maximum atomic E-state index is 11.9. The van der Waals surface area contributed by atoms with Crippen molar-refractivity contribution < 1.29 is 9.53 Å². The van der Waals surface area contributed by atoms with Crippen molar-refractivity contribution >= 4 is 46.4 Å². The number of nitrogens with zero attached hydrogens (tertiary/aromatic N) is 1. The zero-order valence-electron chi connectivity index (χ0n) is 10.1. The third-order valence-corrected chi connectivity index (χ3v) is 4.60. The Morgan fingerprint density at radius 2 is 2.37 bits per heavy atom. The van der Waals surface area contributed by atoms with E-state index in [1.54, 1.807) is 25.3 Å². The second-order valence-electron chi connectivity index (χ2n) is 3.50. The molecule has 0 spiro atoms. The van der Waals surface area contributed by atoms with Crippen LogP contribution in [0.3, 0.4) is 0 Å². The molecule has 0 atom stereocenters. The molecule has 0 aliphatic rings. The lowest BCUT2D eigenvalue weighted by Crippen LogP contribution is -2.07. The maximum Gasteiger partial charge on any atom is 0.339 e. The van der Waals surface area contributed by atoms with E-state index in [9.17, 15) is 4.79 Å². The van der Waals surface area contributed by atoms with Gasteiger partial charge in [0.15, 0.2) is 4.34 Å². The van der Waals surface area contributed by atoms with E-state index in [2.05, 4.69) is 4.98 Å². The molecule has 0 bridgehead atoms. The van der Waals surface area contributed by atoms with Gasteiger partial charge < -0.3 is 10.5 Å². The SMILES string of the molecule is CCOC(=O)c1cc(N)cc(Cl)c1Sc1nccs1. The summed E-state index contributed by atoms with van der Waals surface area (Å²) in [6.45, 7) is 2.05. The third-order valence-electron chi connectivity index (χ3n) is 2.16. The smallest absolute Gasteiger partial charge is 0.339 e. The molecule has 1 aromatic heterocycles. The first-order valence-corrected chi connectivity index (χ1v) is 7.52. The van der Waals surface area contributed by atoms with Crippen molar-refractivity contribution in [3.05, 3.63) is 34.3 Å². The molecule has 0 saturated carbocycles. The number of carbonyl (C=O) groups excluding carboxylic acids is 1. The molecule has 1 heterocycles. The lowest BCUT2D eigenvalue weighted by molar-refractivity contribution is 0.0522. The standard InChI is InChI=1S/C12H11ClN2O2S2/c1-2-17-11(16)8-5-7(14)6-9(13)10(8)19-12-15-3-4-18-12/h3-6H,2,14H2,1H3. The monoisotopic (exact) mass is 314 g/mol. The Hall–Kier alpha value is -1.24. The molecule has 0 aliphatic carbocycles. The van der Waals surface area contributed by atoms with Gasteiger partial charge in [0.05, 0.1) is 17.2 Å². The molecule has 1 aromatic carbocycles. The molecule has 0 unspecified atom stereocenters. The Balaban J connectivity index is 2.42. The van der Waals surface area contributed by atoms with E-state index >= 15 is 0 Å². The average Bonchev–Trinajstić information content (AvgIpc) is 2.85. The van der Waals surface area contributed by atoms with Gasteiger partial charge in [-0.3, -0.25) is 0 Å². The normalized spacial score (nSPS) is 10.4. The summed E-state index contributed by atoms with van der Waals surface area (Å²) in [6, 6.07) is 3.18. The minimum atomic E-state index is -0.434. The Morgan fingerprint density at radius 1 is 1.58 bits per heavy atom. The fraction of sp³-hybridized carbons (Fsp3) is 0.167. The average molecular weight is 315 g/mol. The number of nitrogen functional groups attached to an aromatic ring is 1. The second-order valence-corrected chi connectivity index (χ2v) is 6.06. The molecule has 100 valence electrons. The summed E-state index contributed by atoms with van der Waals surface area (Å²) in [5, 5.41) is 2.28. The second kappa shape index (κ2) is 6.27. The molecule has 0 aliphatic heterocycles. The molecule has 19 heavy (non-hydrogen) atoms. The first kappa shape index (κ1) is 14.2. The van der Waals surface area contributed by atoms with Crippen LogP contribution in [-0.2, 0) is 4.74 Å². The van der Waals surface area contributed by atoms with Gasteiger partial charge in [0.2, 0.25) is 0 Å². The first-order chi connectivity index (χ1) is 9.11. The van der Waals surface area contributed by atoms with Gasteiger partial charge in [-0.05, 0) is 19.1 Å². The molecular formula is C12H11ClN2O2S2. The predicted octanol–water partition coefficient (Wildman–Crippen LogP) is 3.71. The largest absolute Gasteiger partial charge is 0.462 e. The van der Waals surface area contributed by atoms with Gasteiger partial charge in [-0.15, -0.1) is 11.3 Å². The maximum absolute atomic E-state index is 11.9. The predicted molar refractivity (Wildman–Crippen MR) is 78.1 cm³/mol. The Kier molecular flexibility index (Phi) is 4.68. The summed E-state index contributed by atoms with van der Waals surface area (Å²) in [5.74, 6) is -0.434. The van der Waals surface area contributed by atoms with Gasteiger partial charge in [-0.1, -0.05) is 23.4 Å². The van der Waals surface area contributed by atoms with E-state index in [1.165, 1.54) is 23.1 Å². The number of benzene rings is 1. The van der Waals surface area contributed by atoms with Crippen LogP contribution in [0.5, 0.6) is 0 Å². The van der Waals surface area contributed by atoms with Crippen LogP contribution in [0, 0.1) is 0 Å². The number of halogens is 1. The van der Waals surface area contributed by atoms with Gasteiger partial charge >= 0.3 is 5.97 Å². The van der Waals surface area contributed by atoms with Crippen LogP contribution >= 0.6 is 34.7 Å². The lowest BCUT2D eigenvalue weighted by Gasteiger charge is -2.10. The van der Waals surface area contributed by atoms with Crippen LogP contribution < -0.4 is 5.73 Å². The summed E-state index contributed by atoms with van der Waals surface area (Å²) >= 11 is 8.97. The number of aromatic nitrogens is 1. The first-order valence-electron chi connectivity index (χ1n) is 5.45. The number of thiazole rings is 1. The highest BCUT2D eigenvalue weighted by Crippen LogP contribution is 2.38. The van der Waals surface area contributed by atoms with Crippen molar-refractivity contribution in [2.45, 2.75) is 16.2 Å². The number of esters is 1. The van der Waals surface area contributed by atoms with E-state index in [-0.39, 0.29) is 0 Å². The highest BCUT2D eigenvalue weighted by Gasteiger charge is 2.18. The summed E-state index contributed by atoms with van der Waals surface area (Å²) < 4.78 is 5.82. The molecule has 2 N–H and O–H groups in total. The molecule has 2 rings (SSSR count). The number of rotatable bonds is 4. The molecule has 0 amide bonds. The summed E-state index contributed by atoms with van der Waals surface area (Å²) in [6.07, 6.45) is 1.70. The molecule has 0 saturated heterocycles. The minimum absolute atomic E-state index is 0.298. The fourth-order valence-electron chi connectivity index (χ4n) is 1.43. The van der Waals surface area contributed by atoms with Crippen molar-refractivity contribution in [2.24, 2.45) is 0 Å². The van der Waals surface area contributed by atoms with Crippen molar-refractivity contribution in [2.75, 3.05) is 12.3 Å². The van der Waals surface area contributed by atoms with Crippen molar-refractivity contribution in [3.63, 3.8) is 0 Å². The third kappa shape index (κ3) is 3.40. The lowest BCUT2D eigenvalue weighted by atomic mass is 10.2. The van der Waals surface area contributed by atoms with Crippen LogP contribution in [0.4, 0.5) is 5.69 Å². The van der Waals surface area contributed by atoms with Gasteiger partial charge in [0.25, 0.3) is 0 Å². The molecule has 2 aromatic rings. The number of hydrogen-bond donors (Lipinski definition) is 1. The number of hydrogen-bond acceptors (Lipinski definition) is 6. The number of carbonyl (C=O) groups is 1. The fourth-order valence-corrected chi connectivity index (χ4v) is 3.44. The zero-order valence-corrected chi connectivity index (χ0v) is 12.4. The van der Waals surface area contributed by atoms with E-state index in [4.69, 9.17) is 22.1 Å². The van der Waals surface area contributed by atoms with Crippen LogP contribution in [-0.4, -0.2) is 17.6 Å². The summed E-state index contributed by atoms with van der Waals surface area (Å²) in [7, 11) is 0. The quantitative estimate of drug-likeness (QED) is 0.688. The van der Waals surface area contributed by atoms with Gasteiger partial charge in [0, 0.05) is 22.2 Å². The molecular weight excluding hydrogens is 304 g/mol. The molecule has 0 radical (unpaired) electrons. The van der Waals surface area contributed by atoms with Crippen molar-refractivity contribution in [3.8, 4) is 0 Å². The topological polar surface area (TPSA) is 65.2 Å². The van der Waals surface area contributed by atoms with E-state index in [0.29, 0.717) is 27.8 Å². The summed E-state index contributed by atoms with van der Waals surface area (Å²) in [4.78, 5) is 16.7. The van der Waals surface area contributed by atoms with E-state index in [0.717, 1.165) is 4.34 Å². The molecule has 7 heteroatoms. The number of nitrogens with two attached hydrogens (primary N) is 1. The van der Waals surface area contributed by atoms with E-state index in [1.807, 2.05) is 5.38 Å². The minimum Gasteiger partial charge on any atom is -0.462 e. The summed E-state index contributed by atoms with van der Waals surface area (Å²) in [5.41, 5.74) is 6.52. The van der Waals surface area contributed by atoms with Crippen molar-refractivity contribution in [1.29, 1.82) is 0 Å². The highest BCUT2D eigenvalue weighted by atomic mass is 35.5. The zero-order chi connectivity index (χ0) is 13.8. The molecule has 4 nitrogen and oxygen atoms in total.